The Hall–Kier alpha value is -4.43. The minimum absolute atomic E-state index is 0.0897. The Balaban J connectivity index is 1.10. The lowest BCUT2D eigenvalue weighted by Crippen LogP contribution is -2.54. The standard InChI is InChI=1S/C33H35Cl2N7O6/c34-23-8-9-26(27(35)13-23)33(19-41-12-10-36-21-41)47-18-25(48-33)16-38-30(43)28(14-24-15-37-20-39-24)40-31(44)29-7-4-11-42(29)32(45)46-17-22-5-2-1-3-6-22/h1-3,5-6,8-10,12-13,15,20-21,25,28-29H,4,7,11,14,16-19H2,(H,37,39)(H,38,43)(H,40,44). The summed E-state index contributed by atoms with van der Waals surface area (Å²) in [5, 5.41) is 6.61. The van der Waals surface area contributed by atoms with E-state index in [1.54, 1.807) is 43.1 Å². The molecule has 0 bridgehead atoms. The third-order valence-electron chi connectivity index (χ3n) is 8.26. The first-order chi connectivity index (χ1) is 23.3. The summed E-state index contributed by atoms with van der Waals surface area (Å²) in [6.45, 7) is 0.972. The van der Waals surface area contributed by atoms with Gasteiger partial charge in [0.15, 0.2) is 0 Å². The average molecular weight is 697 g/mol. The zero-order chi connectivity index (χ0) is 33.5. The molecule has 252 valence electrons. The monoisotopic (exact) mass is 695 g/mol. The number of H-pyrrole nitrogens is 1. The van der Waals surface area contributed by atoms with Gasteiger partial charge in [-0.25, -0.2) is 14.8 Å². The van der Waals surface area contributed by atoms with Crippen LogP contribution >= 0.6 is 23.2 Å². The van der Waals surface area contributed by atoms with Crippen molar-refractivity contribution in [2.75, 3.05) is 19.7 Å². The van der Waals surface area contributed by atoms with Gasteiger partial charge in [0.25, 0.3) is 0 Å². The summed E-state index contributed by atoms with van der Waals surface area (Å²) in [5.41, 5.74) is 2.08. The fraction of sp³-hybridized carbons (Fsp3) is 0.364. The molecule has 4 aromatic rings. The molecule has 2 fully saturated rings. The lowest BCUT2D eigenvalue weighted by Gasteiger charge is -2.30. The van der Waals surface area contributed by atoms with Crippen LogP contribution in [0, 0.1) is 0 Å². The number of aromatic nitrogens is 4. The number of hydrogen-bond donors (Lipinski definition) is 3. The van der Waals surface area contributed by atoms with Crippen molar-refractivity contribution in [3.05, 3.63) is 107 Å². The Morgan fingerprint density at radius 2 is 2.00 bits per heavy atom. The number of amides is 3. The molecular formula is C33H35Cl2N7O6. The van der Waals surface area contributed by atoms with E-state index in [1.807, 2.05) is 34.9 Å². The summed E-state index contributed by atoms with van der Waals surface area (Å²) in [7, 11) is 0. The summed E-state index contributed by atoms with van der Waals surface area (Å²) in [4.78, 5) is 52.6. The van der Waals surface area contributed by atoms with Gasteiger partial charge in [0.05, 0.1) is 30.8 Å². The van der Waals surface area contributed by atoms with Gasteiger partial charge in [0.2, 0.25) is 17.6 Å². The number of nitrogens with zero attached hydrogens (tertiary/aromatic N) is 4. The number of halogens is 2. The molecule has 48 heavy (non-hydrogen) atoms. The SMILES string of the molecule is O=C(NCC1COC(Cn2ccnc2)(c2ccc(Cl)cc2Cl)O1)C(Cc1cnc[nH]1)NC(=O)C1CCCN1C(=O)OCc1ccccc1. The van der Waals surface area contributed by atoms with E-state index in [4.69, 9.17) is 37.4 Å². The Morgan fingerprint density at radius 3 is 2.75 bits per heavy atom. The Kier molecular flexibility index (Phi) is 10.6. The third kappa shape index (κ3) is 7.98. The fourth-order valence-corrected chi connectivity index (χ4v) is 6.44. The van der Waals surface area contributed by atoms with Crippen molar-refractivity contribution >= 4 is 41.1 Å². The fourth-order valence-electron chi connectivity index (χ4n) is 5.88. The molecule has 0 saturated carbocycles. The van der Waals surface area contributed by atoms with Crippen LogP contribution in [0.25, 0.3) is 0 Å². The molecule has 2 saturated heterocycles. The number of likely N-dealkylation sites (tertiary alicyclic amines) is 1. The van der Waals surface area contributed by atoms with Gasteiger partial charge in [-0.05, 0) is 30.5 Å². The molecule has 0 radical (unpaired) electrons. The van der Waals surface area contributed by atoms with Crippen LogP contribution < -0.4 is 10.6 Å². The third-order valence-corrected chi connectivity index (χ3v) is 8.81. The van der Waals surface area contributed by atoms with Gasteiger partial charge >= 0.3 is 6.09 Å². The normalized spacial score (nSPS) is 21.2. The second kappa shape index (κ2) is 15.2. The number of carbonyl (C=O) groups excluding carboxylic acids is 3. The number of benzene rings is 2. The highest BCUT2D eigenvalue weighted by Gasteiger charge is 2.45. The zero-order valence-electron chi connectivity index (χ0n) is 25.9. The number of nitrogens with one attached hydrogen (secondary N) is 3. The van der Waals surface area contributed by atoms with Gasteiger partial charge in [-0.2, -0.15) is 0 Å². The predicted octanol–water partition coefficient (Wildman–Crippen LogP) is 3.83. The lowest BCUT2D eigenvalue weighted by atomic mass is 10.1. The number of ether oxygens (including phenoxy) is 3. The van der Waals surface area contributed by atoms with Gasteiger partial charge in [-0.15, -0.1) is 0 Å². The van der Waals surface area contributed by atoms with Crippen LogP contribution in [0.5, 0.6) is 0 Å². The molecule has 13 nitrogen and oxygen atoms in total. The molecule has 2 aromatic carbocycles. The smallest absolute Gasteiger partial charge is 0.410 e. The Bertz CT molecular complexity index is 1690. The number of carbonyl (C=O) groups is 3. The molecule has 2 aliphatic heterocycles. The van der Waals surface area contributed by atoms with Crippen molar-refractivity contribution in [2.24, 2.45) is 0 Å². The number of imidazole rings is 2. The van der Waals surface area contributed by atoms with Crippen molar-refractivity contribution in [3.8, 4) is 0 Å². The van der Waals surface area contributed by atoms with Crippen molar-refractivity contribution in [3.63, 3.8) is 0 Å². The summed E-state index contributed by atoms with van der Waals surface area (Å²) < 4.78 is 20.0. The van der Waals surface area contributed by atoms with E-state index in [-0.39, 0.29) is 32.7 Å². The van der Waals surface area contributed by atoms with Crippen LogP contribution in [0.15, 0.2) is 79.8 Å². The molecule has 0 aliphatic carbocycles. The molecule has 4 heterocycles. The van der Waals surface area contributed by atoms with Crippen molar-refractivity contribution in [1.29, 1.82) is 0 Å². The van der Waals surface area contributed by atoms with Crippen molar-refractivity contribution < 1.29 is 28.6 Å². The summed E-state index contributed by atoms with van der Waals surface area (Å²) in [6, 6.07) is 12.6. The van der Waals surface area contributed by atoms with E-state index in [1.165, 1.54) is 11.2 Å². The first-order valence-electron chi connectivity index (χ1n) is 15.6. The maximum Gasteiger partial charge on any atom is 0.410 e. The van der Waals surface area contributed by atoms with E-state index in [0.717, 1.165) is 5.56 Å². The van der Waals surface area contributed by atoms with Crippen LogP contribution in [0.2, 0.25) is 10.0 Å². The van der Waals surface area contributed by atoms with E-state index in [0.29, 0.717) is 40.7 Å². The lowest BCUT2D eigenvalue weighted by molar-refractivity contribution is -0.186. The first kappa shape index (κ1) is 33.5. The van der Waals surface area contributed by atoms with Gasteiger partial charge in [0.1, 0.15) is 24.8 Å². The number of aromatic amines is 1. The van der Waals surface area contributed by atoms with E-state index in [9.17, 15) is 14.4 Å². The molecule has 0 spiro atoms. The highest BCUT2D eigenvalue weighted by molar-refractivity contribution is 6.35. The van der Waals surface area contributed by atoms with E-state index in [2.05, 4.69) is 25.6 Å². The minimum Gasteiger partial charge on any atom is -0.445 e. The number of hydrogen-bond acceptors (Lipinski definition) is 8. The molecule has 2 aliphatic rings. The molecule has 3 N–H and O–H groups in total. The van der Waals surface area contributed by atoms with Crippen LogP contribution in [0.4, 0.5) is 4.79 Å². The molecule has 15 heteroatoms. The van der Waals surface area contributed by atoms with Gasteiger partial charge in [-0.1, -0.05) is 59.6 Å². The Labute approximate surface area is 286 Å². The van der Waals surface area contributed by atoms with Gasteiger partial charge in [-0.3, -0.25) is 14.5 Å². The zero-order valence-corrected chi connectivity index (χ0v) is 27.4. The summed E-state index contributed by atoms with van der Waals surface area (Å²) in [6.07, 6.45) is 8.27. The maximum atomic E-state index is 13.6. The minimum atomic E-state index is -1.26. The highest BCUT2D eigenvalue weighted by Crippen LogP contribution is 2.40. The second-order valence-electron chi connectivity index (χ2n) is 11.6. The van der Waals surface area contributed by atoms with Crippen LogP contribution in [0.1, 0.15) is 29.7 Å². The molecule has 6 rings (SSSR count). The van der Waals surface area contributed by atoms with Crippen LogP contribution in [0.3, 0.4) is 0 Å². The highest BCUT2D eigenvalue weighted by atomic mass is 35.5. The van der Waals surface area contributed by atoms with Gasteiger partial charge < -0.3 is 34.4 Å². The van der Waals surface area contributed by atoms with Crippen molar-refractivity contribution in [1.82, 2.24) is 35.1 Å². The predicted molar refractivity (Wildman–Crippen MR) is 175 cm³/mol. The van der Waals surface area contributed by atoms with E-state index >= 15 is 0 Å². The Morgan fingerprint density at radius 1 is 1.15 bits per heavy atom. The first-order valence-corrected chi connectivity index (χ1v) is 16.3. The summed E-state index contributed by atoms with van der Waals surface area (Å²) >= 11 is 12.7. The van der Waals surface area contributed by atoms with Gasteiger partial charge in [0, 0.05) is 54.4 Å². The molecule has 4 unspecified atom stereocenters. The quantitative estimate of drug-likeness (QED) is 0.202. The molecule has 3 amide bonds. The second-order valence-corrected chi connectivity index (χ2v) is 12.5. The maximum absolute atomic E-state index is 13.6. The topological polar surface area (TPSA) is 153 Å². The van der Waals surface area contributed by atoms with E-state index < -0.39 is 41.9 Å². The van der Waals surface area contributed by atoms with Crippen LogP contribution in [-0.2, 0) is 49.2 Å². The van der Waals surface area contributed by atoms with Crippen LogP contribution in [-0.4, -0.2) is 80.2 Å². The number of rotatable bonds is 12. The molecule has 4 atom stereocenters. The summed E-state index contributed by atoms with van der Waals surface area (Å²) in [5.74, 6) is -2.14. The largest absolute Gasteiger partial charge is 0.445 e. The average Bonchev–Trinajstić information content (AvgIpc) is 3.92. The molecular weight excluding hydrogens is 661 g/mol. The van der Waals surface area contributed by atoms with Crippen molar-refractivity contribution in [2.45, 2.75) is 56.4 Å². The molecule has 2 aromatic heterocycles.